The lowest BCUT2D eigenvalue weighted by Gasteiger charge is -2.07. The van der Waals surface area contributed by atoms with Gasteiger partial charge >= 0.3 is 0 Å². The van der Waals surface area contributed by atoms with Gasteiger partial charge in [0, 0.05) is 17.8 Å². The molecular weight excluding hydrogens is 214 g/mol. The van der Waals surface area contributed by atoms with Gasteiger partial charge in [0.25, 0.3) is 0 Å². The van der Waals surface area contributed by atoms with Gasteiger partial charge in [-0.05, 0) is 31.5 Å². The van der Waals surface area contributed by atoms with Crippen molar-refractivity contribution in [2.75, 3.05) is 0 Å². The van der Waals surface area contributed by atoms with Crippen molar-refractivity contribution >= 4 is 5.78 Å². The zero-order valence-corrected chi connectivity index (χ0v) is 9.81. The number of ether oxygens (including phenoxy) is 1. The Balaban J connectivity index is 2.20. The second-order valence-corrected chi connectivity index (χ2v) is 3.81. The molecule has 0 spiro atoms. The number of Topliss-reactive ketones (excluding diaryl/α,β-unsaturated/α-hetero) is 1. The van der Waals surface area contributed by atoms with Gasteiger partial charge in [0.15, 0.2) is 5.78 Å². The van der Waals surface area contributed by atoms with Crippen molar-refractivity contribution in [1.29, 1.82) is 0 Å². The molecule has 0 atom stereocenters. The molecule has 17 heavy (non-hydrogen) atoms. The van der Waals surface area contributed by atoms with Crippen LogP contribution in [0.25, 0.3) is 0 Å². The highest BCUT2D eigenvalue weighted by Gasteiger charge is 2.03. The van der Waals surface area contributed by atoms with Gasteiger partial charge in [-0.25, -0.2) is 4.98 Å². The van der Waals surface area contributed by atoms with Crippen molar-refractivity contribution in [2.24, 2.45) is 0 Å². The highest BCUT2D eigenvalue weighted by Crippen LogP contribution is 2.22. The van der Waals surface area contributed by atoms with Crippen LogP contribution < -0.4 is 4.74 Å². The number of para-hydroxylation sites is 1. The molecule has 1 aromatic carbocycles. The first kappa shape index (κ1) is 11.3. The monoisotopic (exact) mass is 227 g/mol. The van der Waals surface area contributed by atoms with Crippen LogP contribution in [0.4, 0.5) is 0 Å². The Morgan fingerprint density at radius 3 is 2.53 bits per heavy atom. The van der Waals surface area contributed by atoms with E-state index in [-0.39, 0.29) is 5.78 Å². The summed E-state index contributed by atoms with van der Waals surface area (Å²) in [7, 11) is 0. The summed E-state index contributed by atoms with van der Waals surface area (Å²) in [6, 6.07) is 11.1. The summed E-state index contributed by atoms with van der Waals surface area (Å²) in [5.41, 5.74) is 1.63. The summed E-state index contributed by atoms with van der Waals surface area (Å²) < 4.78 is 5.62. The van der Waals surface area contributed by atoms with Crippen LogP contribution in [0.15, 0.2) is 42.6 Å². The number of benzene rings is 1. The number of nitrogens with zero attached hydrogens (tertiary/aromatic N) is 1. The number of ketones is 1. The fourth-order valence-electron chi connectivity index (χ4n) is 1.43. The van der Waals surface area contributed by atoms with E-state index in [2.05, 4.69) is 4.98 Å². The van der Waals surface area contributed by atoms with E-state index in [4.69, 9.17) is 4.74 Å². The molecule has 86 valence electrons. The van der Waals surface area contributed by atoms with Crippen LogP contribution >= 0.6 is 0 Å². The quantitative estimate of drug-likeness (QED) is 0.754. The van der Waals surface area contributed by atoms with Crippen LogP contribution in [0.1, 0.15) is 22.8 Å². The third-order valence-electron chi connectivity index (χ3n) is 2.45. The fraction of sp³-hybridized carbons (Fsp3) is 0.143. The third-order valence-corrected chi connectivity index (χ3v) is 2.45. The molecule has 0 radical (unpaired) electrons. The van der Waals surface area contributed by atoms with Gasteiger partial charge in [-0.15, -0.1) is 0 Å². The first-order valence-corrected chi connectivity index (χ1v) is 5.37. The molecule has 0 aliphatic heterocycles. The number of hydrogen-bond donors (Lipinski definition) is 0. The van der Waals surface area contributed by atoms with Gasteiger partial charge in [0.1, 0.15) is 5.75 Å². The zero-order valence-electron chi connectivity index (χ0n) is 9.81. The molecular formula is C14H13NO2. The molecule has 0 aliphatic carbocycles. The Hall–Kier alpha value is -2.16. The average molecular weight is 227 g/mol. The maximum Gasteiger partial charge on any atom is 0.219 e. The first-order chi connectivity index (χ1) is 8.16. The number of rotatable bonds is 3. The molecule has 0 unspecified atom stereocenters. The van der Waals surface area contributed by atoms with E-state index in [1.807, 2.05) is 31.2 Å². The summed E-state index contributed by atoms with van der Waals surface area (Å²) in [5, 5.41) is 0. The standard InChI is InChI=1S/C14H13NO2/c1-10-5-3-4-6-13(10)17-14-8-7-12(9-15-14)11(2)16/h3-9H,1-2H3. The van der Waals surface area contributed by atoms with Gasteiger partial charge in [0.05, 0.1) is 0 Å². The molecule has 0 aliphatic rings. The van der Waals surface area contributed by atoms with Crippen LogP contribution in [0, 0.1) is 6.92 Å². The summed E-state index contributed by atoms with van der Waals surface area (Å²) in [6.07, 6.45) is 1.52. The van der Waals surface area contributed by atoms with Gasteiger partial charge in [-0.1, -0.05) is 18.2 Å². The van der Waals surface area contributed by atoms with Gasteiger partial charge < -0.3 is 4.74 Å². The molecule has 0 saturated heterocycles. The van der Waals surface area contributed by atoms with E-state index < -0.39 is 0 Å². The summed E-state index contributed by atoms with van der Waals surface area (Å²) in [5.74, 6) is 1.26. The number of carbonyl (C=O) groups is 1. The molecule has 2 rings (SSSR count). The molecule has 1 aromatic heterocycles. The minimum absolute atomic E-state index is 0.0000540. The normalized spacial score (nSPS) is 10.0. The molecule has 0 fully saturated rings. The van der Waals surface area contributed by atoms with Crippen LogP contribution in [0.3, 0.4) is 0 Å². The number of aromatic nitrogens is 1. The van der Waals surface area contributed by atoms with Crippen molar-refractivity contribution in [2.45, 2.75) is 13.8 Å². The summed E-state index contributed by atoms with van der Waals surface area (Å²) in [4.78, 5) is 15.2. The number of aryl methyl sites for hydroxylation is 1. The van der Waals surface area contributed by atoms with E-state index in [0.29, 0.717) is 11.4 Å². The van der Waals surface area contributed by atoms with Crippen molar-refractivity contribution in [1.82, 2.24) is 4.98 Å². The molecule has 3 nitrogen and oxygen atoms in total. The molecule has 3 heteroatoms. The van der Waals surface area contributed by atoms with Crippen molar-refractivity contribution < 1.29 is 9.53 Å². The largest absolute Gasteiger partial charge is 0.439 e. The van der Waals surface area contributed by atoms with E-state index >= 15 is 0 Å². The van der Waals surface area contributed by atoms with Crippen LogP contribution in [0.5, 0.6) is 11.6 Å². The van der Waals surface area contributed by atoms with E-state index in [9.17, 15) is 4.79 Å². The van der Waals surface area contributed by atoms with E-state index in [1.54, 1.807) is 12.1 Å². The van der Waals surface area contributed by atoms with Crippen molar-refractivity contribution in [3.8, 4) is 11.6 Å². The lowest BCUT2D eigenvalue weighted by Crippen LogP contribution is -1.95. The van der Waals surface area contributed by atoms with Crippen molar-refractivity contribution in [3.05, 3.63) is 53.7 Å². The van der Waals surface area contributed by atoms with Crippen molar-refractivity contribution in [3.63, 3.8) is 0 Å². The van der Waals surface area contributed by atoms with Crippen LogP contribution in [0.2, 0.25) is 0 Å². The molecule has 0 N–H and O–H groups in total. The second kappa shape index (κ2) is 4.78. The highest BCUT2D eigenvalue weighted by molar-refractivity contribution is 5.93. The topological polar surface area (TPSA) is 39.2 Å². The minimum atomic E-state index is -0.0000540. The minimum Gasteiger partial charge on any atom is -0.439 e. The number of carbonyl (C=O) groups excluding carboxylic acids is 1. The Morgan fingerprint density at radius 1 is 1.18 bits per heavy atom. The number of pyridine rings is 1. The SMILES string of the molecule is CC(=O)c1ccc(Oc2ccccc2C)nc1. The predicted molar refractivity (Wildman–Crippen MR) is 65.5 cm³/mol. The smallest absolute Gasteiger partial charge is 0.219 e. The highest BCUT2D eigenvalue weighted by atomic mass is 16.5. The van der Waals surface area contributed by atoms with Gasteiger partial charge in [-0.3, -0.25) is 4.79 Å². The average Bonchev–Trinajstić information content (AvgIpc) is 2.33. The lowest BCUT2D eigenvalue weighted by atomic mass is 10.2. The Kier molecular flexibility index (Phi) is 3.19. The molecule has 0 amide bonds. The van der Waals surface area contributed by atoms with Crippen LogP contribution in [-0.4, -0.2) is 10.8 Å². The molecule has 0 saturated carbocycles. The molecule has 1 heterocycles. The first-order valence-electron chi connectivity index (χ1n) is 5.37. The van der Waals surface area contributed by atoms with E-state index in [1.165, 1.54) is 13.1 Å². The fourth-order valence-corrected chi connectivity index (χ4v) is 1.43. The zero-order chi connectivity index (χ0) is 12.3. The maximum absolute atomic E-state index is 11.1. The predicted octanol–water partition coefficient (Wildman–Crippen LogP) is 3.38. The Morgan fingerprint density at radius 2 is 1.94 bits per heavy atom. The van der Waals surface area contributed by atoms with Gasteiger partial charge in [-0.2, -0.15) is 0 Å². The van der Waals surface area contributed by atoms with E-state index in [0.717, 1.165) is 11.3 Å². The Labute approximate surface area is 100 Å². The second-order valence-electron chi connectivity index (χ2n) is 3.81. The third kappa shape index (κ3) is 2.69. The summed E-state index contributed by atoms with van der Waals surface area (Å²) in [6.45, 7) is 3.48. The summed E-state index contributed by atoms with van der Waals surface area (Å²) >= 11 is 0. The van der Waals surface area contributed by atoms with Gasteiger partial charge in [0.2, 0.25) is 5.88 Å². The maximum atomic E-state index is 11.1. The lowest BCUT2D eigenvalue weighted by molar-refractivity contribution is 0.101. The molecule has 2 aromatic rings. The van der Waals surface area contributed by atoms with Crippen LogP contribution in [-0.2, 0) is 0 Å². The number of hydrogen-bond acceptors (Lipinski definition) is 3. The molecule has 0 bridgehead atoms. The Bertz CT molecular complexity index is 532.